The standard InChI is InChI=1S/C37H48N2O7SeSi/c1-33(2,3)35(42)25-36(48(7)8,39-23-29(47-6)31(40)38-32(39)41)46-30(35)24-45-37(26-15-11-9-12-16-26,27-17-13-10-14-18-27)28-19-21-34(43-4,44-5)22-20-28/h9-21,23,30,42,48H,22,24-25H2,1-8H3,(H,38,40,41)/t30-,35+,36+/m1/s1. The van der Waals surface area contributed by atoms with Gasteiger partial charge in [0.25, 0.3) is 0 Å². The van der Waals surface area contributed by atoms with E-state index in [1.807, 2.05) is 99.4 Å². The van der Waals surface area contributed by atoms with Crippen LogP contribution < -0.4 is 15.7 Å². The molecule has 0 unspecified atom stereocenters. The number of hydrogen-bond acceptors (Lipinski definition) is 7. The fourth-order valence-corrected chi connectivity index (χ4v) is 9.84. The van der Waals surface area contributed by atoms with Gasteiger partial charge >= 0.3 is 250 Å². The van der Waals surface area contributed by atoms with Crippen LogP contribution in [-0.2, 0) is 29.9 Å². The van der Waals surface area contributed by atoms with Crippen LogP contribution in [0.25, 0.3) is 0 Å². The van der Waals surface area contributed by atoms with Crippen LogP contribution in [0.4, 0.5) is 0 Å². The van der Waals surface area contributed by atoms with Crippen molar-refractivity contribution in [1.29, 1.82) is 0 Å². The number of hydrogen-bond donors (Lipinski definition) is 2. The topological polar surface area (TPSA) is 112 Å². The second-order valence-electron chi connectivity index (χ2n) is 13.9. The van der Waals surface area contributed by atoms with E-state index >= 15 is 0 Å². The number of aliphatic hydroxyl groups is 1. The Kier molecular flexibility index (Phi) is 10.5. The first-order valence-electron chi connectivity index (χ1n) is 16.3. The van der Waals surface area contributed by atoms with Crippen LogP contribution in [0.5, 0.6) is 0 Å². The molecule has 9 nitrogen and oxygen atoms in total. The Morgan fingerprint density at radius 3 is 2.06 bits per heavy atom. The molecule has 1 fully saturated rings. The third-order valence-corrected chi connectivity index (χ3v) is 14.1. The molecular weight excluding hydrogens is 691 g/mol. The molecule has 3 aromatic rings. The molecule has 2 aromatic carbocycles. The molecule has 11 heteroatoms. The molecule has 1 saturated heterocycles. The zero-order valence-electron chi connectivity index (χ0n) is 29.1. The molecular formula is C37H48N2O7SeSi. The fourth-order valence-electron chi connectivity index (χ4n) is 6.99. The molecule has 258 valence electrons. The average molecular weight is 740 g/mol. The number of nitrogens with zero attached hydrogens (tertiary/aromatic N) is 1. The first-order chi connectivity index (χ1) is 22.7. The summed E-state index contributed by atoms with van der Waals surface area (Å²) in [5.74, 6) is 1.04. The van der Waals surface area contributed by atoms with Crippen molar-refractivity contribution in [3.63, 3.8) is 0 Å². The van der Waals surface area contributed by atoms with Crippen molar-refractivity contribution in [2.45, 2.75) is 81.0 Å². The van der Waals surface area contributed by atoms with Crippen molar-refractivity contribution in [1.82, 2.24) is 9.55 Å². The molecule has 1 aliphatic carbocycles. The predicted molar refractivity (Wildman–Crippen MR) is 192 cm³/mol. The first-order valence-corrected chi connectivity index (χ1v) is 21.7. The molecule has 0 radical (unpaired) electrons. The summed E-state index contributed by atoms with van der Waals surface area (Å²) in [6, 6.07) is 20.1. The zero-order chi connectivity index (χ0) is 35.0. The predicted octanol–water partition coefficient (Wildman–Crippen LogP) is 3.99. The minimum absolute atomic E-state index is 0.00792. The molecule has 1 aliphatic heterocycles. The monoisotopic (exact) mass is 740 g/mol. The molecule has 1 aromatic heterocycles. The fraction of sp³-hybridized carbons (Fsp3) is 0.459. The van der Waals surface area contributed by atoms with Crippen molar-refractivity contribution < 1.29 is 24.1 Å². The van der Waals surface area contributed by atoms with E-state index in [0.717, 1.165) is 16.7 Å². The Labute approximate surface area is 290 Å². The summed E-state index contributed by atoms with van der Waals surface area (Å²) in [6.45, 7) is 10.2. The molecule has 2 heterocycles. The van der Waals surface area contributed by atoms with Gasteiger partial charge in [0, 0.05) is 14.2 Å². The molecule has 2 aliphatic rings. The van der Waals surface area contributed by atoms with E-state index in [2.05, 4.69) is 24.2 Å². The SMILES string of the molecule is COC1(OC)C=CC(C(OC[C@H]2O[C@](n3cc([Se]C)c(=O)[nH]c3=O)([SiH](C)C)C[C@@]2(O)C(C)(C)C)(c2ccccc2)c2ccccc2)=CC1. The maximum atomic E-state index is 13.5. The molecule has 48 heavy (non-hydrogen) atoms. The number of methoxy groups -OCH3 is 2. The summed E-state index contributed by atoms with van der Waals surface area (Å²) in [4.78, 5) is 28.6. The van der Waals surface area contributed by atoms with Gasteiger partial charge in [0.15, 0.2) is 5.79 Å². The van der Waals surface area contributed by atoms with Crippen LogP contribution in [0.2, 0.25) is 18.9 Å². The van der Waals surface area contributed by atoms with Gasteiger partial charge in [0.1, 0.15) is 0 Å². The maximum absolute atomic E-state index is 13.5. The number of ether oxygens (including phenoxy) is 4. The number of nitrogens with one attached hydrogen (secondary N) is 1. The molecule has 0 bridgehead atoms. The van der Waals surface area contributed by atoms with Gasteiger partial charge in [0.05, 0.1) is 0 Å². The summed E-state index contributed by atoms with van der Waals surface area (Å²) in [6.07, 6.45) is 7.45. The Bertz CT molecular complexity index is 1720. The van der Waals surface area contributed by atoms with Crippen molar-refractivity contribution >= 4 is 28.2 Å². The number of benzene rings is 2. The molecule has 5 rings (SSSR count). The molecule has 0 spiro atoms. The van der Waals surface area contributed by atoms with Gasteiger partial charge in [-0.2, -0.15) is 0 Å². The number of H-pyrrole nitrogens is 1. The van der Waals surface area contributed by atoms with Crippen molar-refractivity contribution in [3.05, 3.63) is 123 Å². The third kappa shape index (κ3) is 6.20. The zero-order valence-corrected chi connectivity index (χ0v) is 32.0. The minimum atomic E-state index is -1.93. The van der Waals surface area contributed by atoms with Crippen LogP contribution >= 0.6 is 0 Å². The number of rotatable bonds is 11. The van der Waals surface area contributed by atoms with Gasteiger partial charge < -0.3 is 9.47 Å². The molecule has 0 amide bonds. The van der Waals surface area contributed by atoms with Gasteiger partial charge in [-0.05, 0) is 0 Å². The molecule has 3 atom stereocenters. The summed E-state index contributed by atoms with van der Waals surface area (Å²) in [7, 11) is 1.32. The summed E-state index contributed by atoms with van der Waals surface area (Å²) >= 11 is -0.153. The van der Waals surface area contributed by atoms with E-state index in [9.17, 15) is 14.7 Å². The van der Waals surface area contributed by atoms with E-state index in [1.54, 1.807) is 25.0 Å². The van der Waals surface area contributed by atoms with Crippen LogP contribution in [0, 0.1) is 5.41 Å². The normalized spacial score (nSPS) is 24.2. The Hall–Kier alpha value is -2.86. The second-order valence-corrected chi connectivity index (χ2v) is 18.9. The quantitative estimate of drug-likeness (QED) is 0.226. The van der Waals surface area contributed by atoms with Gasteiger partial charge in [-0.25, -0.2) is 0 Å². The van der Waals surface area contributed by atoms with Gasteiger partial charge in [0.2, 0.25) is 0 Å². The summed E-state index contributed by atoms with van der Waals surface area (Å²) in [5.41, 5.74) is -1.36. The van der Waals surface area contributed by atoms with E-state index in [-0.39, 0.29) is 33.5 Å². The van der Waals surface area contributed by atoms with Gasteiger partial charge in [-0.1, -0.05) is 12.1 Å². The van der Waals surface area contributed by atoms with Crippen LogP contribution in [0.15, 0.2) is 100 Å². The molecule has 2 N–H and O–H groups in total. The first kappa shape index (κ1) is 36.4. The van der Waals surface area contributed by atoms with Crippen molar-refractivity contribution in [2.75, 3.05) is 20.8 Å². The number of aromatic amines is 1. The van der Waals surface area contributed by atoms with E-state index in [0.29, 0.717) is 10.9 Å². The second kappa shape index (κ2) is 13.8. The Morgan fingerprint density at radius 2 is 1.60 bits per heavy atom. The van der Waals surface area contributed by atoms with E-state index < -0.39 is 48.3 Å². The van der Waals surface area contributed by atoms with Crippen LogP contribution in [0.1, 0.15) is 44.7 Å². The summed E-state index contributed by atoms with van der Waals surface area (Å²) < 4.78 is 27.8. The van der Waals surface area contributed by atoms with E-state index in [1.165, 1.54) is 0 Å². The summed E-state index contributed by atoms with van der Waals surface area (Å²) in [5, 5.41) is 11.6. The third-order valence-electron chi connectivity index (χ3n) is 10.2. The van der Waals surface area contributed by atoms with Gasteiger partial charge in [-0.15, -0.1) is 0 Å². The van der Waals surface area contributed by atoms with Crippen molar-refractivity contribution in [3.8, 4) is 0 Å². The van der Waals surface area contributed by atoms with Crippen LogP contribution in [-0.4, -0.2) is 76.7 Å². The Balaban J connectivity index is 1.67. The Morgan fingerprint density at radius 1 is 1.02 bits per heavy atom. The average Bonchev–Trinajstić information content (AvgIpc) is 3.41. The van der Waals surface area contributed by atoms with Crippen molar-refractivity contribution in [2.24, 2.45) is 5.41 Å². The van der Waals surface area contributed by atoms with E-state index in [4.69, 9.17) is 18.9 Å². The number of aromatic nitrogens is 2. The molecule has 0 saturated carbocycles. The van der Waals surface area contributed by atoms with Gasteiger partial charge in [-0.3, -0.25) is 0 Å². The van der Waals surface area contributed by atoms with Crippen LogP contribution in [0.3, 0.4) is 0 Å².